The Morgan fingerprint density at radius 3 is 2.54 bits per heavy atom. The molecule has 2 aromatic rings. The van der Waals surface area contributed by atoms with E-state index in [-0.39, 0.29) is 24.8 Å². The monoisotopic (exact) mass is 386 g/mol. The molecule has 5 nitrogen and oxygen atoms in total. The fourth-order valence-corrected chi connectivity index (χ4v) is 3.09. The number of carbonyl (C=O) groups is 2. The molecule has 0 radical (unpaired) electrons. The van der Waals surface area contributed by atoms with Crippen molar-refractivity contribution >= 4 is 11.8 Å². The zero-order valence-electron chi connectivity index (χ0n) is 16.6. The third-order valence-corrected chi connectivity index (χ3v) is 4.52. The molecule has 0 fully saturated rings. The molecule has 0 spiro atoms. The fourth-order valence-electron chi connectivity index (χ4n) is 3.09. The van der Waals surface area contributed by atoms with E-state index in [0.29, 0.717) is 24.3 Å². The van der Waals surface area contributed by atoms with Crippen LogP contribution < -0.4 is 10.1 Å². The maximum absolute atomic E-state index is 14.0. The number of methoxy groups -OCH3 is 1. The molecule has 28 heavy (non-hydrogen) atoms. The normalized spacial score (nSPS) is 11.6. The molecule has 0 aliphatic carbocycles. The number of hydrogen-bond donors (Lipinski definition) is 1. The molecule has 0 bridgehead atoms. The van der Waals surface area contributed by atoms with Gasteiger partial charge in [-0.2, -0.15) is 0 Å². The molecule has 150 valence electrons. The highest BCUT2D eigenvalue weighted by atomic mass is 19.1. The van der Waals surface area contributed by atoms with Gasteiger partial charge in [-0.15, -0.1) is 0 Å². The van der Waals surface area contributed by atoms with Gasteiger partial charge >= 0.3 is 0 Å². The number of amides is 2. The molecule has 6 heteroatoms. The second-order valence-corrected chi connectivity index (χ2v) is 6.46. The number of nitrogens with zero attached hydrogens (tertiary/aromatic N) is 1. The Hall–Kier alpha value is -2.89. The lowest BCUT2D eigenvalue weighted by Crippen LogP contribution is -2.49. The summed E-state index contributed by atoms with van der Waals surface area (Å²) in [5.74, 6) is -0.269. The van der Waals surface area contributed by atoms with Crippen LogP contribution in [0.1, 0.15) is 31.4 Å². The summed E-state index contributed by atoms with van der Waals surface area (Å²) in [6.07, 6.45) is 0.353. The SMILES string of the molecule is CCNC(=O)[C@H](CC)N(Cc1cccc(OC)c1)C(=O)Cc1ccccc1F. The van der Waals surface area contributed by atoms with Crippen LogP contribution in [0.15, 0.2) is 48.5 Å². The number of nitrogens with one attached hydrogen (secondary N) is 1. The first kappa shape index (κ1) is 21.4. The number of halogens is 1. The molecule has 0 aromatic heterocycles. The average Bonchev–Trinajstić information content (AvgIpc) is 2.70. The summed E-state index contributed by atoms with van der Waals surface area (Å²) in [5.41, 5.74) is 1.15. The summed E-state index contributed by atoms with van der Waals surface area (Å²) >= 11 is 0. The first-order valence-corrected chi connectivity index (χ1v) is 9.43. The molecule has 1 atom stereocenters. The van der Waals surface area contributed by atoms with Gasteiger partial charge in [0.25, 0.3) is 0 Å². The first-order valence-electron chi connectivity index (χ1n) is 9.43. The van der Waals surface area contributed by atoms with Crippen molar-refractivity contribution in [3.05, 3.63) is 65.5 Å². The van der Waals surface area contributed by atoms with Crippen LogP contribution >= 0.6 is 0 Å². The molecular formula is C22H27FN2O3. The predicted molar refractivity (Wildman–Crippen MR) is 106 cm³/mol. The van der Waals surface area contributed by atoms with Gasteiger partial charge in [-0.25, -0.2) is 4.39 Å². The van der Waals surface area contributed by atoms with E-state index in [1.54, 1.807) is 25.3 Å². The van der Waals surface area contributed by atoms with Crippen LogP contribution in [0, 0.1) is 5.82 Å². The standard InChI is InChI=1S/C22H27FN2O3/c1-4-20(22(27)24-5-2)25(15-16-9-8-11-18(13-16)28-3)21(26)14-17-10-6-7-12-19(17)23/h6-13,20H,4-5,14-15H2,1-3H3,(H,24,27)/t20-/m0/s1. The molecule has 2 amide bonds. The second kappa shape index (κ2) is 10.4. The Kier molecular flexibility index (Phi) is 7.99. The highest BCUT2D eigenvalue weighted by Gasteiger charge is 2.28. The van der Waals surface area contributed by atoms with Gasteiger partial charge in [-0.3, -0.25) is 9.59 Å². The van der Waals surface area contributed by atoms with E-state index >= 15 is 0 Å². The van der Waals surface area contributed by atoms with Gasteiger partial charge in [0.1, 0.15) is 17.6 Å². The minimum Gasteiger partial charge on any atom is -0.497 e. The summed E-state index contributed by atoms with van der Waals surface area (Å²) in [6, 6.07) is 12.9. The molecule has 0 heterocycles. The smallest absolute Gasteiger partial charge is 0.242 e. The molecular weight excluding hydrogens is 359 g/mol. The number of hydrogen-bond acceptors (Lipinski definition) is 3. The number of ether oxygens (including phenoxy) is 1. The van der Waals surface area contributed by atoms with Crippen LogP contribution in [0.5, 0.6) is 5.75 Å². The average molecular weight is 386 g/mol. The van der Waals surface area contributed by atoms with Crippen LogP contribution in [0.25, 0.3) is 0 Å². The van der Waals surface area contributed by atoms with Crippen LogP contribution in [0.2, 0.25) is 0 Å². The largest absolute Gasteiger partial charge is 0.497 e. The Balaban J connectivity index is 2.32. The van der Waals surface area contributed by atoms with Crippen molar-refractivity contribution in [3.8, 4) is 5.75 Å². The topological polar surface area (TPSA) is 58.6 Å². The van der Waals surface area contributed by atoms with Crippen molar-refractivity contribution in [2.24, 2.45) is 0 Å². The Labute approximate surface area is 165 Å². The van der Waals surface area contributed by atoms with Gasteiger partial charge < -0.3 is 15.0 Å². The van der Waals surface area contributed by atoms with Gasteiger partial charge in [0, 0.05) is 13.1 Å². The van der Waals surface area contributed by atoms with E-state index in [0.717, 1.165) is 5.56 Å². The number of benzene rings is 2. The second-order valence-electron chi connectivity index (χ2n) is 6.46. The predicted octanol–water partition coefficient (Wildman–Crippen LogP) is 3.32. The zero-order valence-corrected chi connectivity index (χ0v) is 16.6. The molecule has 0 aliphatic heterocycles. The van der Waals surface area contributed by atoms with Crippen molar-refractivity contribution < 1.29 is 18.7 Å². The number of carbonyl (C=O) groups excluding carboxylic acids is 2. The van der Waals surface area contributed by atoms with Gasteiger partial charge in [0.05, 0.1) is 13.5 Å². The van der Waals surface area contributed by atoms with Gasteiger partial charge in [-0.1, -0.05) is 37.3 Å². The van der Waals surface area contributed by atoms with E-state index in [4.69, 9.17) is 4.74 Å². The maximum atomic E-state index is 14.0. The summed E-state index contributed by atoms with van der Waals surface area (Å²) in [6.45, 7) is 4.40. The number of rotatable bonds is 9. The summed E-state index contributed by atoms with van der Waals surface area (Å²) < 4.78 is 19.3. The van der Waals surface area contributed by atoms with Crippen molar-refractivity contribution in [3.63, 3.8) is 0 Å². The zero-order chi connectivity index (χ0) is 20.5. The van der Waals surface area contributed by atoms with Crippen LogP contribution in [0.3, 0.4) is 0 Å². The lowest BCUT2D eigenvalue weighted by molar-refractivity contribution is -0.140. The van der Waals surface area contributed by atoms with Gasteiger partial charge in [0.15, 0.2) is 0 Å². The van der Waals surface area contributed by atoms with Crippen molar-refractivity contribution in [1.29, 1.82) is 0 Å². The third-order valence-electron chi connectivity index (χ3n) is 4.52. The molecule has 2 aromatic carbocycles. The minimum atomic E-state index is -0.634. The lowest BCUT2D eigenvalue weighted by Gasteiger charge is -2.30. The van der Waals surface area contributed by atoms with Gasteiger partial charge in [0.2, 0.25) is 11.8 Å². The maximum Gasteiger partial charge on any atom is 0.242 e. The quantitative estimate of drug-likeness (QED) is 0.719. The highest BCUT2D eigenvalue weighted by Crippen LogP contribution is 2.19. The van der Waals surface area contributed by atoms with E-state index in [9.17, 15) is 14.0 Å². The Morgan fingerprint density at radius 2 is 1.89 bits per heavy atom. The molecule has 1 N–H and O–H groups in total. The van der Waals surface area contributed by atoms with E-state index in [2.05, 4.69) is 5.32 Å². The Morgan fingerprint density at radius 1 is 1.14 bits per heavy atom. The van der Waals surface area contributed by atoms with Gasteiger partial charge in [-0.05, 0) is 42.7 Å². The summed E-state index contributed by atoms with van der Waals surface area (Å²) in [5, 5.41) is 2.78. The fraction of sp³-hybridized carbons (Fsp3) is 0.364. The summed E-state index contributed by atoms with van der Waals surface area (Å²) in [7, 11) is 1.57. The van der Waals surface area contributed by atoms with Crippen molar-refractivity contribution in [2.45, 2.75) is 39.3 Å². The highest BCUT2D eigenvalue weighted by molar-refractivity contribution is 5.88. The lowest BCUT2D eigenvalue weighted by atomic mass is 10.1. The molecule has 0 saturated carbocycles. The molecule has 0 aliphatic rings. The molecule has 0 saturated heterocycles. The first-order chi connectivity index (χ1) is 13.5. The van der Waals surface area contributed by atoms with Crippen LogP contribution in [-0.4, -0.2) is 36.4 Å². The molecule has 2 rings (SSSR count). The molecule has 0 unspecified atom stereocenters. The van der Waals surface area contributed by atoms with Crippen molar-refractivity contribution in [2.75, 3.05) is 13.7 Å². The number of likely N-dealkylation sites (N-methyl/N-ethyl adjacent to an activating group) is 1. The van der Waals surface area contributed by atoms with Crippen LogP contribution in [0.4, 0.5) is 4.39 Å². The van der Waals surface area contributed by atoms with Crippen molar-refractivity contribution in [1.82, 2.24) is 10.2 Å². The Bertz CT molecular complexity index is 810. The third kappa shape index (κ3) is 5.55. The van der Waals surface area contributed by atoms with E-state index in [1.165, 1.54) is 11.0 Å². The van der Waals surface area contributed by atoms with E-state index in [1.807, 2.05) is 38.1 Å². The minimum absolute atomic E-state index is 0.105. The summed E-state index contributed by atoms with van der Waals surface area (Å²) in [4.78, 5) is 27.1. The van der Waals surface area contributed by atoms with Crippen LogP contribution in [-0.2, 0) is 22.6 Å². The van der Waals surface area contributed by atoms with E-state index < -0.39 is 11.9 Å².